The Morgan fingerprint density at radius 2 is 2.13 bits per heavy atom. The van der Waals surface area contributed by atoms with E-state index in [0.29, 0.717) is 18.2 Å². The third-order valence-electron chi connectivity index (χ3n) is 3.22. The number of nitrogens with two attached hydrogens (primary N) is 1. The van der Waals surface area contributed by atoms with Crippen LogP contribution in [0.1, 0.15) is 24.8 Å². The second kappa shape index (κ2) is 4.15. The van der Waals surface area contributed by atoms with Gasteiger partial charge in [0.25, 0.3) is 0 Å². The summed E-state index contributed by atoms with van der Waals surface area (Å²) in [5.74, 6) is 1.04. The van der Waals surface area contributed by atoms with E-state index in [4.69, 9.17) is 5.73 Å². The van der Waals surface area contributed by atoms with Crippen LogP contribution in [0.25, 0.3) is 0 Å². The van der Waals surface area contributed by atoms with E-state index in [1.165, 1.54) is 5.56 Å². The molecule has 0 heterocycles. The molecule has 0 bridgehead atoms. The van der Waals surface area contributed by atoms with Crippen molar-refractivity contribution in [1.29, 1.82) is 0 Å². The molecule has 0 aromatic heterocycles. The lowest BCUT2D eigenvalue weighted by Crippen LogP contribution is -2.22. The lowest BCUT2D eigenvalue weighted by Gasteiger charge is -2.06. The van der Waals surface area contributed by atoms with Crippen LogP contribution >= 0.6 is 0 Å². The minimum atomic E-state index is 0.0173. The molecule has 1 aliphatic carbocycles. The molecule has 1 aromatic carbocycles. The van der Waals surface area contributed by atoms with Gasteiger partial charge >= 0.3 is 0 Å². The number of rotatable bonds is 4. The fourth-order valence-electron chi connectivity index (χ4n) is 2.06. The van der Waals surface area contributed by atoms with E-state index < -0.39 is 0 Å². The van der Waals surface area contributed by atoms with Gasteiger partial charge in [-0.15, -0.1) is 0 Å². The molecule has 2 rings (SSSR count). The zero-order chi connectivity index (χ0) is 10.8. The van der Waals surface area contributed by atoms with E-state index in [-0.39, 0.29) is 11.8 Å². The molecule has 0 spiro atoms. The molecule has 15 heavy (non-hydrogen) atoms. The lowest BCUT2D eigenvalue weighted by atomic mass is 10.00. The van der Waals surface area contributed by atoms with Gasteiger partial charge in [-0.1, -0.05) is 37.3 Å². The molecule has 1 fully saturated rings. The number of ketones is 1. The third kappa shape index (κ3) is 2.10. The SMILES string of the molecule is CC(CN)C(=O)C1CC1c1ccccc1. The van der Waals surface area contributed by atoms with Gasteiger partial charge in [0.05, 0.1) is 0 Å². The smallest absolute Gasteiger partial charge is 0.140 e. The molecule has 2 heteroatoms. The van der Waals surface area contributed by atoms with Crippen LogP contribution in [0.4, 0.5) is 0 Å². The quantitative estimate of drug-likeness (QED) is 0.812. The van der Waals surface area contributed by atoms with Gasteiger partial charge in [-0.2, -0.15) is 0 Å². The zero-order valence-corrected chi connectivity index (χ0v) is 9.02. The Balaban J connectivity index is 2.00. The van der Waals surface area contributed by atoms with Crippen LogP contribution in [0.5, 0.6) is 0 Å². The molecule has 0 aliphatic heterocycles. The Kier molecular flexibility index (Phi) is 2.87. The van der Waals surface area contributed by atoms with Crippen molar-refractivity contribution in [3.8, 4) is 0 Å². The molecule has 2 nitrogen and oxygen atoms in total. The maximum absolute atomic E-state index is 11.8. The number of hydrogen-bond donors (Lipinski definition) is 1. The highest BCUT2D eigenvalue weighted by Gasteiger charge is 2.44. The van der Waals surface area contributed by atoms with Gasteiger partial charge in [0.1, 0.15) is 5.78 Å². The van der Waals surface area contributed by atoms with Gasteiger partial charge < -0.3 is 5.73 Å². The van der Waals surface area contributed by atoms with Crippen LogP contribution in [-0.4, -0.2) is 12.3 Å². The van der Waals surface area contributed by atoms with Crippen molar-refractivity contribution < 1.29 is 4.79 Å². The summed E-state index contributed by atoms with van der Waals surface area (Å²) in [7, 11) is 0. The molecule has 80 valence electrons. The van der Waals surface area contributed by atoms with Crippen LogP contribution in [0.15, 0.2) is 30.3 Å². The third-order valence-corrected chi connectivity index (χ3v) is 3.22. The molecule has 1 aromatic rings. The van der Waals surface area contributed by atoms with Crippen molar-refractivity contribution in [2.24, 2.45) is 17.6 Å². The molecule has 2 N–H and O–H groups in total. The molecule has 0 saturated heterocycles. The van der Waals surface area contributed by atoms with Crippen LogP contribution < -0.4 is 5.73 Å². The van der Waals surface area contributed by atoms with Crippen LogP contribution in [0, 0.1) is 11.8 Å². The van der Waals surface area contributed by atoms with Gasteiger partial charge in [0, 0.05) is 18.4 Å². The highest BCUT2D eigenvalue weighted by molar-refractivity contribution is 5.87. The molecule has 1 saturated carbocycles. The molecule has 3 unspecified atom stereocenters. The first kappa shape index (κ1) is 10.4. The standard InChI is InChI=1S/C13H17NO/c1-9(8-14)13(15)12-7-11(12)10-5-3-2-4-6-10/h2-6,9,11-12H,7-8,14H2,1H3. The highest BCUT2D eigenvalue weighted by Crippen LogP contribution is 2.48. The molecule has 3 atom stereocenters. The first-order valence-electron chi connectivity index (χ1n) is 5.52. The van der Waals surface area contributed by atoms with Crippen LogP contribution in [-0.2, 0) is 4.79 Å². The van der Waals surface area contributed by atoms with E-state index in [0.717, 1.165) is 6.42 Å². The second-order valence-corrected chi connectivity index (χ2v) is 4.40. The summed E-state index contributed by atoms with van der Waals surface area (Å²) in [6.45, 7) is 2.39. The maximum Gasteiger partial charge on any atom is 0.140 e. The monoisotopic (exact) mass is 203 g/mol. The normalized spacial score (nSPS) is 26.0. The molecular formula is C13H17NO. The number of hydrogen-bond acceptors (Lipinski definition) is 2. The number of Topliss-reactive ketones (excluding diaryl/α,β-unsaturated/α-hetero) is 1. The minimum Gasteiger partial charge on any atom is -0.330 e. The molecule has 0 amide bonds. The number of carbonyl (C=O) groups is 1. The van der Waals surface area contributed by atoms with Crippen molar-refractivity contribution in [1.82, 2.24) is 0 Å². The average Bonchev–Trinajstić information content (AvgIpc) is 3.08. The molecule has 0 radical (unpaired) electrons. The number of benzene rings is 1. The Morgan fingerprint density at radius 3 is 2.73 bits per heavy atom. The highest BCUT2D eigenvalue weighted by atomic mass is 16.1. The van der Waals surface area contributed by atoms with Gasteiger partial charge in [-0.05, 0) is 17.9 Å². The van der Waals surface area contributed by atoms with Gasteiger partial charge in [0.15, 0.2) is 0 Å². The fraction of sp³-hybridized carbons (Fsp3) is 0.462. The van der Waals surface area contributed by atoms with Crippen LogP contribution in [0.3, 0.4) is 0 Å². The van der Waals surface area contributed by atoms with Crippen molar-refractivity contribution in [2.45, 2.75) is 19.3 Å². The Hall–Kier alpha value is -1.15. The van der Waals surface area contributed by atoms with E-state index in [1.54, 1.807) is 0 Å². The van der Waals surface area contributed by atoms with Crippen molar-refractivity contribution >= 4 is 5.78 Å². The van der Waals surface area contributed by atoms with Gasteiger partial charge in [-0.25, -0.2) is 0 Å². The average molecular weight is 203 g/mol. The molecule has 1 aliphatic rings. The Bertz CT molecular complexity index is 347. The molecular weight excluding hydrogens is 186 g/mol. The van der Waals surface area contributed by atoms with E-state index in [9.17, 15) is 4.79 Å². The van der Waals surface area contributed by atoms with E-state index in [1.807, 2.05) is 25.1 Å². The Labute approximate surface area is 90.5 Å². The van der Waals surface area contributed by atoms with Crippen molar-refractivity contribution in [2.75, 3.05) is 6.54 Å². The van der Waals surface area contributed by atoms with Crippen molar-refractivity contribution in [3.63, 3.8) is 0 Å². The summed E-state index contributed by atoms with van der Waals surface area (Å²) in [5, 5.41) is 0. The zero-order valence-electron chi connectivity index (χ0n) is 9.02. The number of carbonyl (C=O) groups excluding carboxylic acids is 1. The predicted octanol–water partition coefficient (Wildman–Crippen LogP) is 1.95. The summed E-state index contributed by atoms with van der Waals surface area (Å²) in [5.41, 5.74) is 6.79. The first-order valence-corrected chi connectivity index (χ1v) is 5.52. The minimum absolute atomic E-state index is 0.0173. The first-order chi connectivity index (χ1) is 7.24. The lowest BCUT2D eigenvalue weighted by molar-refractivity contribution is -0.123. The topological polar surface area (TPSA) is 43.1 Å². The van der Waals surface area contributed by atoms with Gasteiger partial charge in [-0.3, -0.25) is 4.79 Å². The largest absolute Gasteiger partial charge is 0.330 e. The summed E-state index contributed by atoms with van der Waals surface area (Å²) in [6, 6.07) is 10.3. The summed E-state index contributed by atoms with van der Waals surface area (Å²) in [6.07, 6.45) is 1.01. The predicted molar refractivity (Wildman–Crippen MR) is 60.5 cm³/mol. The fourth-order valence-corrected chi connectivity index (χ4v) is 2.06. The summed E-state index contributed by atoms with van der Waals surface area (Å²) in [4.78, 5) is 11.8. The van der Waals surface area contributed by atoms with E-state index in [2.05, 4.69) is 12.1 Å². The van der Waals surface area contributed by atoms with Crippen LogP contribution in [0.2, 0.25) is 0 Å². The second-order valence-electron chi connectivity index (χ2n) is 4.40. The van der Waals surface area contributed by atoms with E-state index >= 15 is 0 Å². The summed E-state index contributed by atoms with van der Waals surface area (Å²) >= 11 is 0. The maximum atomic E-state index is 11.8. The summed E-state index contributed by atoms with van der Waals surface area (Å²) < 4.78 is 0. The van der Waals surface area contributed by atoms with Crippen molar-refractivity contribution in [3.05, 3.63) is 35.9 Å². The Morgan fingerprint density at radius 1 is 1.47 bits per heavy atom. The van der Waals surface area contributed by atoms with Gasteiger partial charge in [0.2, 0.25) is 0 Å².